The maximum absolute atomic E-state index is 13.1. The number of amidine groups is 1. The fourth-order valence-corrected chi connectivity index (χ4v) is 3.30. The molecule has 0 aliphatic heterocycles. The molecule has 0 aromatic heterocycles. The number of alkyl halides is 1. The third-order valence-corrected chi connectivity index (χ3v) is 4.82. The molecule has 0 unspecified atom stereocenters. The summed E-state index contributed by atoms with van der Waals surface area (Å²) in [6, 6.07) is 25.3. The van der Waals surface area contributed by atoms with Gasteiger partial charge in [0, 0.05) is 43.4 Å². The molecule has 3 nitrogen and oxygen atoms in total. The number of anilines is 1. The van der Waals surface area contributed by atoms with Gasteiger partial charge in [-0.15, -0.1) is 0 Å². The van der Waals surface area contributed by atoms with Crippen LogP contribution < -0.4 is 5.73 Å². The Hall–Kier alpha value is -3.58. The van der Waals surface area contributed by atoms with E-state index in [4.69, 9.17) is 5.73 Å². The van der Waals surface area contributed by atoms with E-state index >= 15 is 0 Å². The topological polar surface area (TPSA) is 41.6 Å². The first-order chi connectivity index (χ1) is 14.7. The van der Waals surface area contributed by atoms with E-state index in [2.05, 4.69) is 33.9 Å². The Labute approximate surface area is 178 Å². The fraction of sp³-hybridized carbons (Fsp3) is 0.192. The SMILES string of the molecule is CN=C(c1ccccc1N)N(CCC#Cc1ccccc1CF)Cc1ccccc1. The van der Waals surface area contributed by atoms with Crippen LogP contribution in [0.3, 0.4) is 0 Å². The molecule has 30 heavy (non-hydrogen) atoms. The number of para-hydroxylation sites is 1. The van der Waals surface area contributed by atoms with Gasteiger partial charge < -0.3 is 10.6 Å². The molecule has 3 rings (SSSR count). The van der Waals surface area contributed by atoms with Gasteiger partial charge in [0.15, 0.2) is 0 Å². The highest BCUT2D eigenvalue weighted by molar-refractivity contribution is 6.03. The normalized spacial score (nSPS) is 10.9. The van der Waals surface area contributed by atoms with Crippen LogP contribution in [0.4, 0.5) is 10.1 Å². The van der Waals surface area contributed by atoms with Gasteiger partial charge >= 0.3 is 0 Å². The van der Waals surface area contributed by atoms with Gasteiger partial charge in [-0.05, 0) is 29.3 Å². The number of aliphatic imine (C=N–C) groups is 1. The molecule has 0 spiro atoms. The zero-order valence-electron chi connectivity index (χ0n) is 17.2. The number of hydrogen-bond acceptors (Lipinski definition) is 2. The van der Waals surface area contributed by atoms with E-state index in [1.54, 1.807) is 13.1 Å². The number of nitrogen functional groups attached to an aromatic ring is 1. The Kier molecular flexibility index (Phi) is 7.63. The monoisotopic (exact) mass is 399 g/mol. The van der Waals surface area contributed by atoms with E-state index in [1.165, 1.54) is 5.56 Å². The minimum absolute atomic E-state index is 0.509. The molecule has 0 saturated carbocycles. The molecular formula is C26H26FN3. The van der Waals surface area contributed by atoms with Crippen molar-refractivity contribution in [3.63, 3.8) is 0 Å². The van der Waals surface area contributed by atoms with Gasteiger partial charge in [0.1, 0.15) is 12.5 Å². The molecule has 0 heterocycles. The molecule has 3 aromatic rings. The summed E-state index contributed by atoms with van der Waals surface area (Å²) in [7, 11) is 1.78. The number of rotatable bonds is 6. The quantitative estimate of drug-likeness (QED) is 0.272. The highest BCUT2D eigenvalue weighted by atomic mass is 19.1. The molecule has 0 radical (unpaired) electrons. The summed E-state index contributed by atoms with van der Waals surface area (Å²) in [6.07, 6.45) is 0.624. The molecule has 0 aliphatic carbocycles. The van der Waals surface area contributed by atoms with Crippen LogP contribution >= 0.6 is 0 Å². The summed E-state index contributed by atoms with van der Waals surface area (Å²) in [4.78, 5) is 6.74. The van der Waals surface area contributed by atoms with Crippen molar-refractivity contribution in [3.05, 3.63) is 101 Å². The van der Waals surface area contributed by atoms with Crippen LogP contribution in [0.25, 0.3) is 0 Å². The third-order valence-electron chi connectivity index (χ3n) is 4.82. The van der Waals surface area contributed by atoms with Crippen molar-refractivity contribution in [1.29, 1.82) is 0 Å². The number of hydrogen-bond donors (Lipinski definition) is 1. The summed E-state index contributed by atoms with van der Waals surface area (Å²) in [5.41, 5.74) is 10.4. The van der Waals surface area contributed by atoms with Crippen molar-refractivity contribution in [2.24, 2.45) is 4.99 Å². The first-order valence-electron chi connectivity index (χ1n) is 9.96. The van der Waals surface area contributed by atoms with Gasteiger partial charge in [0.05, 0.1) is 0 Å². The molecule has 2 N–H and O–H groups in total. The van der Waals surface area contributed by atoms with Crippen LogP contribution in [0, 0.1) is 11.8 Å². The molecule has 0 aliphatic rings. The molecular weight excluding hydrogens is 373 g/mol. The van der Waals surface area contributed by atoms with Gasteiger partial charge in [0.25, 0.3) is 0 Å². The van der Waals surface area contributed by atoms with E-state index in [1.807, 2.05) is 60.7 Å². The van der Waals surface area contributed by atoms with Crippen molar-refractivity contribution < 1.29 is 4.39 Å². The smallest absolute Gasteiger partial charge is 0.133 e. The maximum atomic E-state index is 13.1. The Balaban J connectivity index is 1.82. The van der Waals surface area contributed by atoms with Crippen LogP contribution in [0.1, 0.15) is 28.7 Å². The van der Waals surface area contributed by atoms with E-state index < -0.39 is 6.67 Å². The average molecular weight is 400 g/mol. The van der Waals surface area contributed by atoms with Crippen molar-refractivity contribution in [1.82, 2.24) is 4.90 Å². The third kappa shape index (κ3) is 5.48. The predicted octanol–water partition coefficient (Wildman–Crippen LogP) is 5.06. The minimum atomic E-state index is -0.509. The Morgan fingerprint density at radius 1 is 0.967 bits per heavy atom. The number of nitrogens with two attached hydrogens (primary N) is 1. The van der Waals surface area contributed by atoms with Crippen LogP contribution in [-0.4, -0.2) is 24.3 Å². The molecule has 0 fully saturated rings. The van der Waals surface area contributed by atoms with Gasteiger partial charge in [-0.1, -0.05) is 72.5 Å². The van der Waals surface area contributed by atoms with E-state index in [0.29, 0.717) is 30.8 Å². The molecule has 4 heteroatoms. The van der Waals surface area contributed by atoms with Crippen LogP contribution in [0.5, 0.6) is 0 Å². The summed E-state index contributed by atoms with van der Waals surface area (Å²) in [5.74, 6) is 7.14. The Bertz CT molecular complexity index is 1050. The second-order valence-corrected chi connectivity index (χ2v) is 6.88. The minimum Gasteiger partial charge on any atom is -0.398 e. The van der Waals surface area contributed by atoms with Crippen molar-refractivity contribution in [3.8, 4) is 11.8 Å². The van der Waals surface area contributed by atoms with Crippen molar-refractivity contribution in [2.45, 2.75) is 19.6 Å². The second kappa shape index (κ2) is 10.8. The highest BCUT2D eigenvalue weighted by Gasteiger charge is 2.15. The summed E-state index contributed by atoms with van der Waals surface area (Å²) in [6.45, 7) is 0.871. The molecule has 0 amide bonds. The van der Waals surface area contributed by atoms with E-state index in [0.717, 1.165) is 17.0 Å². The predicted molar refractivity (Wildman–Crippen MR) is 123 cm³/mol. The van der Waals surface area contributed by atoms with Crippen LogP contribution in [0.15, 0.2) is 83.9 Å². The summed E-state index contributed by atoms with van der Waals surface area (Å²) < 4.78 is 13.1. The lowest BCUT2D eigenvalue weighted by Crippen LogP contribution is -2.32. The first kappa shape index (κ1) is 21.1. The highest BCUT2D eigenvalue weighted by Crippen LogP contribution is 2.17. The molecule has 3 aromatic carbocycles. The molecule has 0 atom stereocenters. The summed E-state index contributed by atoms with van der Waals surface area (Å²) >= 11 is 0. The molecule has 0 bridgehead atoms. The van der Waals surface area contributed by atoms with Crippen LogP contribution in [-0.2, 0) is 13.2 Å². The second-order valence-electron chi connectivity index (χ2n) is 6.88. The Morgan fingerprint density at radius 3 is 2.40 bits per heavy atom. The average Bonchev–Trinajstić information content (AvgIpc) is 2.79. The zero-order chi connectivity index (χ0) is 21.2. The van der Waals surface area contributed by atoms with Gasteiger partial charge in [0.2, 0.25) is 0 Å². The van der Waals surface area contributed by atoms with Crippen molar-refractivity contribution in [2.75, 3.05) is 19.3 Å². The van der Waals surface area contributed by atoms with Crippen LogP contribution in [0.2, 0.25) is 0 Å². The fourth-order valence-electron chi connectivity index (χ4n) is 3.30. The summed E-state index contributed by atoms with van der Waals surface area (Å²) in [5, 5.41) is 0. The largest absolute Gasteiger partial charge is 0.398 e. The number of halogens is 1. The lowest BCUT2D eigenvalue weighted by Gasteiger charge is -2.26. The first-order valence-corrected chi connectivity index (χ1v) is 9.96. The van der Waals surface area contributed by atoms with E-state index in [-0.39, 0.29) is 0 Å². The van der Waals surface area contributed by atoms with E-state index in [9.17, 15) is 4.39 Å². The standard InChI is InChI=1S/C26H26FN3/c1-29-26(24-16-7-8-17-25(24)28)30(20-21-11-3-2-4-12-21)18-10-9-14-22-13-5-6-15-23(22)19-27/h2-8,11-13,15-17H,10,18-20,28H2,1H3. The lowest BCUT2D eigenvalue weighted by atomic mass is 10.1. The zero-order valence-corrected chi connectivity index (χ0v) is 17.2. The molecule has 152 valence electrons. The number of benzene rings is 3. The van der Waals surface area contributed by atoms with Gasteiger partial charge in [-0.3, -0.25) is 4.99 Å². The maximum Gasteiger partial charge on any atom is 0.133 e. The molecule has 0 saturated heterocycles. The lowest BCUT2D eigenvalue weighted by molar-refractivity contribution is 0.422. The number of nitrogens with zero attached hydrogens (tertiary/aromatic N) is 2. The Morgan fingerprint density at radius 2 is 1.67 bits per heavy atom. The van der Waals surface area contributed by atoms with Gasteiger partial charge in [-0.25, -0.2) is 4.39 Å². The van der Waals surface area contributed by atoms with Crippen molar-refractivity contribution >= 4 is 11.5 Å². The van der Waals surface area contributed by atoms with Gasteiger partial charge in [-0.2, -0.15) is 0 Å².